The summed E-state index contributed by atoms with van der Waals surface area (Å²) in [4.78, 5) is 23.9. The van der Waals surface area contributed by atoms with E-state index in [1.807, 2.05) is 0 Å². The number of amides is 1. The van der Waals surface area contributed by atoms with Gasteiger partial charge in [-0.15, -0.1) is 0 Å². The normalized spacial score (nSPS) is 13.2. The maximum absolute atomic E-state index is 14.0. The number of nitrogens with one attached hydrogen (secondary N) is 1. The second-order valence-corrected chi connectivity index (χ2v) is 8.50. The molecule has 2 N–H and O–H groups in total. The van der Waals surface area contributed by atoms with Crippen molar-refractivity contribution in [2.24, 2.45) is 0 Å². The fourth-order valence-electron chi connectivity index (χ4n) is 3.71. The van der Waals surface area contributed by atoms with Crippen molar-refractivity contribution < 1.29 is 46.1 Å². The van der Waals surface area contributed by atoms with Crippen molar-refractivity contribution in [3.63, 3.8) is 0 Å². The largest absolute Gasteiger partial charge is 0.479 e. The van der Waals surface area contributed by atoms with Crippen LogP contribution in [-0.2, 0) is 11.0 Å². The highest BCUT2D eigenvalue weighted by molar-refractivity contribution is 6.06. The number of hydrogen-bond donors (Lipinski definition) is 2. The second kappa shape index (κ2) is 10.1. The number of rotatable bonds is 8. The topological polar surface area (TPSA) is 84.9 Å². The molecule has 3 aromatic rings. The molecule has 11 heteroatoms. The maximum atomic E-state index is 14.0. The number of ether oxygens (including phenoxy) is 2. The van der Waals surface area contributed by atoms with Crippen LogP contribution in [0.4, 0.5) is 27.6 Å². The molecule has 0 bridgehead atoms. The molecular formula is C26H20F5NO5. The van der Waals surface area contributed by atoms with Gasteiger partial charge in [-0.25, -0.2) is 13.6 Å². The van der Waals surface area contributed by atoms with Gasteiger partial charge in [0.2, 0.25) is 0 Å². The summed E-state index contributed by atoms with van der Waals surface area (Å²) in [6, 6.07) is 8.51. The van der Waals surface area contributed by atoms with Crippen molar-refractivity contribution in [3.05, 3.63) is 82.4 Å². The van der Waals surface area contributed by atoms with E-state index in [1.165, 1.54) is 18.2 Å². The molecule has 0 aromatic heterocycles. The fourth-order valence-corrected chi connectivity index (χ4v) is 3.71. The average molecular weight is 521 g/mol. The molecular weight excluding hydrogens is 501 g/mol. The summed E-state index contributed by atoms with van der Waals surface area (Å²) in [5, 5.41) is 11.1. The predicted octanol–water partition coefficient (Wildman–Crippen LogP) is 6.68. The molecule has 0 heterocycles. The van der Waals surface area contributed by atoms with Crippen LogP contribution in [0.5, 0.6) is 17.2 Å². The van der Waals surface area contributed by atoms with Crippen molar-refractivity contribution in [3.8, 4) is 17.2 Å². The lowest BCUT2D eigenvalue weighted by Gasteiger charge is -2.19. The molecule has 0 aliphatic heterocycles. The van der Waals surface area contributed by atoms with Crippen molar-refractivity contribution in [2.75, 3.05) is 11.9 Å². The van der Waals surface area contributed by atoms with Crippen LogP contribution in [0.15, 0.2) is 48.5 Å². The molecule has 3 aromatic carbocycles. The minimum absolute atomic E-state index is 0.00930. The minimum Gasteiger partial charge on any atom is -0.479 e. The zero-order valence-corrected chi connectivity index (χ0v) is 19.3. The van der Waals surface area contributed by atoms with Crippen LogP contribution in [0, 0.1) is 18.6 Å². The lowest BCUT2D eigenvalue weighted by atomic mass is 9.98. The van der Waals surface area contributed by atoms with E-state index < -0.39 is 53.2 Å². The Kier molecular flexibility index (Phi) is 7.06. The van der Waals surface area contributed by atoms with Crippen LogP contribution in [-0.4, -0.2) is 23.6 Å². The number of carboxylic acid groups (broad SMARTS) is 1. The summed E-state index contributed by atoms with van der Waals surface area (Å²) >= 11 is 0. The van der Waals surface area contributed by atoms with Gasteiger partial charge in [0, 0.05) is 11.8 Å². The minimum atomic E-state index is -4.75. The Bertz CT molecular complexity index is 1370. The zero-order chi connectivity index (χ0) is 26.9. The van der Waals surface area contributed by atoms with Crippen LogP contribution < -0.4 is 14.8 Å². The number of carbonyl (C=O) groups is 2. The SMILES string of the molecule is Cc1cc(F)ccc1Oc1cc(C2CC2)c(C(F)(F)F)cc1C(=O)Nc1ccc(F)c(OCC(=O)O)c1. The van der Waals surface area contributed by atoms with E-state index in [4.69, 9.17) is 14.6 Å². The Labute approximate surface area is 207 Å². The fraction of sp³-hybridized carbons (Fsp3) is 0.231. The lowest BCUT2D eigenvalue weighted by molar-refractivity contribution is -0.139. The van der Waals surface area contributed by atoms with Gasteiger partial charge in [-0.05, 0) is 79.3 Å². The molecule has 0 spiro atoms. The third-order valence-corrected chi connectivity index (χ3v) is 5.62. The Morgan fingerprint density at radius 2 is 1.73 bits per heavy atom. The average Bonchev–Trinajstić information content (AvgIpc) is 3.65. The van der Waals surface area contributed by atoms with E-state index in [-0.39, 0.29) is 28.7 Å². The third kappa shape index (κ3) is 6.16. The highest BCUT2D eigenvalue weighted by Crippen LogP contribution is 2.48. The summed E-state index contributed by atoms with van der Waals surface area (Å²) in [6.07, 6.45) is -3.64. The zero-order valence-electron chi connectivity index (χ0n) is 19.3. The molecule has 6 nitrogen and oxygen atoms in total. The molecule has 0 radical (unpaired) electrons. The number of alkyl halides is 3. The van der Waals surface area contributed by atoms with E-state index >= 15 is 0 Å². The molecule has 1 saturated carbocycles. The summed E-state index contributed by atoms with van der Waals surface area (Å²) in [6.45, 7) is 0.697. The molecule has 1 aliphatic carbocycles. The number of aryl methyl sites for hydroxylation is 1. The number of halogens is 5. The van der Waals surface area contributed by atoms with Crippen molar-refractivity contribution in [1.29, 1.82) is 0 Å². The predicted molar refractivity (Wildman–Crippen MR) is 122 cm³/mol. The molecule has 4 rings (SSSR count). The smallest absolute Gasteiger partial charge is 0.416 e. The van der Waals surface area contributed by atoms with Gasteiger partial charge in [0.1, 0.15) is 17.3 Å². The molecule has 194 valence electrons. The molecule has 0 atom stereocenters. The number of benzene rings is 3. The first-order valence-electron chi connectivity index (χ1n) is 11.1. The first kappa shape index (κ1) is 25.9. The highest BCUT2D eigenvalue weighted by atomic mass is 19.4. The van der Waals surface area contributed by atoms with Crippen LogP contribution in [0.3, 0.4) is 0 Å². The van der Waals surface area contributed by atoms with Gasteiger partial charge in [-0.3, -0.25) is 4.79 Å². The monoisotopic (exact) mass is 521 g/mol. The Morgan fingerprint density at radius 3 is 2.35 bits per heavy atom. The second-order valence-electron chi connectivity index (χ2n) is 8.50. The van der Waals surface area contributed by atoms with Crippen molar-refractivity contribution in [1.82, 2.24) is 0 Å². The van der Waals surface area contributed by atoms with Gasteiger partial charge >= 0.3 is 12.1 Å². The standard InChI is InChI=1S/C26H20F5NO5/c1-13-8-15(27)4-7-21(13)37-22-11-17(14-2-3-14)19(26(29,30)31)10-18(22)25(35)32-16-5-6-20(28)23(9-16)36-12-24(33)34/h4-11,14H,2-3,12H2,1H3,(H,32,35)(H,33,34). The van der Waals surface area contributed by atoms with Gasteiger partial charge in [0.25, 0.3) is 5.91 Å². The quantitative estimate of drug-likeness (QED) is 0.323. The van der Waals surface area contributed by atoms with Crippen molar-refractivity contribution >= 4 is 17.6 Å². The third-order valence-electron chi connectivity index (χ3n) is 5.62. The molecule has 37 heavy (non-hydrogen) atoms. The van der Waals surface area contributed by atoms with E-state index in [2.05, 4.69) is 5.32 Å². The summed E-state index contributed by atoms with van der Waals surface area (Å²) in [5.41, 5.74) is -1.15. The lowest BCUT2D eigenvalue weighted by Crippen LogP contribution is -2.17. The van der Waals surface area contributed by atoms with Crippen LogP contribution in [0.1, 0.15) is 45.8 Å². The van der Waals surface area contributed by atoms with Crippen LogP contribution >= 0.6 is 0 Å². The Balaban J connectivity index is 1.74. The van der Waals surface area contributed by atoms with Crippen LogP contribution in [0.25, 0.3) is 0 Å². The summed E-state index contributed by atoms with van der Waals surface area (Å²) < 4.78 is 79.8. The number of carbonyl (C=O) groups excluding carboxylic acids is 1. The van der Waals surface area contributed by atoms with Gasteiger partial charge in [-0.1, -0.05) is 0 Å². The maximum Gasteiger partial charge on any atom is 0.416 e. The van der Waals surface area contributed by atoms with Crippen LogP contribution in [0.2, 0.25) is 0 Å². The van der Waals surface area contributed by atoms with Gasteiger partial charge in [0.15, 0.2) is 18.2 Å². The van der Waals surface area contributed by atoms with Gasteiger partial charge < -0.3 is 19.9 Å². The van der Waals surface area contributed by atoms with Crippen molar-refractivity contribution in [2.45, 2.75) is 31.9 Å². The van der Waals surface area contributed by atoms with Gasteiger partial charge in [-0.2, -0.15) is 13.2 Å². The van der Waals surface area contributed by atoms with E-state index in [1.54, 1.807) is 6.92 Å². The van der Waals surface area contributed by atoms with E-state index in [9.17, 15) is 31.5 Å². The molecule has 1 fully saturated rings. The Hall–Kier alpha value is -4.15. The van der Waals surface area contributed by atoms with E-state index in [0.717, 1.165) is 24.3 Å². The number of aliphatic carboxylic acids is 1. The van der Waals surface area contributed by atoms with E-state index in [0.29, 0.717) is 24.5 Å². The number of carboxylic acids is 1. The number of hydrogen-bond acceptors (Lipinski definition) is 4. The van der Waals surface area contributed by atoms with Gasteiger partial charge in [0.05, 0.1) is 11.1 Å². The first-order chi connectivity index (χ1) is 17.4. The molecule has 1 amide bonds. The molecule has 1 aliphatic rings. The summed E-state index contributed by atoms with van der Waals surface area (Å²) in [7, 11) is 0. The summed E-state index contributed by atoms with van der Waals surface area (Å²) in [5.74, 6) is -4.64. The highest BCUT2D eigenvalue weighted by Gasteiger charge is 2.40. The molecule has 0 saturated heterocycles. The number of anilines is 1. The molecule has 0 unspecified atom stereocenters. The Morgan fingerprint density at radius 1 is 1.00 bits per heavy atom. The first-order valence-corrected chi connectivity index (χ1v) is 11.1.